The third-order valence-electron chi connectivity index (χ3n) is 7.16. The van der Waals surface area contributed by atoms with Gasteiger partial charge in [-0.2, -0.15) is 0 Å². The molecule has 0 spiro atoms. The van der Waals surface area contributed by atoms with E-state index in [0.29, 0.717) is 48.6 Å². The highest BCUT2D eigenvalue weighted by atomic mass is 16.5. The number of Topliss-reactive ketones (excluding diaryl/α,β-unsaturated/α-hetero) is 1. The third kappa shape index (κ3) is 6.23. The number of carboxylic acid groups (broad SMARTS) is 2. The Morgan fingerprint density at radius 2 is 1.48 bits per heavy atom. The normalized spacial score (nSPS) is 16.7. The summed E-state index contributed by atoms with van der Waals surface area (Å²) in [6.45, 7) is 0.879. The molecule has 0 fully saturated rings. The quantitative estimate of drug-likeness (QED) is 0.326. The number of allylic oxidation sites excluding steroid dienone is 10. The molecule has 2 N–H and O–H groups in total. The monoisotopic (exact) mass is 563 g/mol. The number of carbonyl (C=O) groups is 3. The number of para-hydroxylation sites is 1. The molecule has 8 nitrogen and oxygen atoms in total. The summed E-state index contributed by atoms with van der Waals surface area (Å²) >= 11 is 0. The van der Waals surface area contributed by atoms with Gasteiger partial charge in [-0.3, -0.25) is 14.4 Å². The van der Waals surface area contributed by atoms with Crippen molar-refractivity contribution in [1.29, 1.82) is 0 Å². The Morgan fingerprint density at radius 3 is 2.10 bits per heavy atom. The molecule has 0 saturated carbocycles. The van der Waals surface area contributed by atoms with Crippen LogP contribution in [0.5, 0.6) is 5.75 Å². The predicted octanol–water partition coefficient (Wildman–Crippen LogP) is 4.31. The Hall–Kier alpha value is -5.24. The first kappa shape index (κ1) is 28.3. The van der Waals surface area contributed by atoms with Crippen molar-refractivity contribution in [1.82, 2.24) is 0 Å². The number of aliphatic carboxylic acids is 2. The van der Waals surface area contributed by atoms with Gasteiger partial charge < -0.3 is 20.1 Å². The second-order valence-electron chi connectivity index (χ2n) is 10.0. The van der Waals surface area contributed by atoms with E-state index in [1.165, 1.54) is 0 Å². The van der Waals surface area contributed by atoms with Crippen LogP contribution in [-0.4, -0.2) is 51.3 Å². The molecule has 0 aromatic heterocycles. The van der Waals surface area contributed by atoms with E-state index >= 15 is 0 Å². The van der Waals surface area contributed by atoms with Gasteiger partial charge in [0.15, 0.2) is 11.5 Å². The van der Waals surface area contributed by atoms with E-state index in [2.05, 4.69) is 0 Å². The van der Waals surface area contributed by atoms with E-state index in [4.69, 9.17) is 14.9 Å². The Labute approximate surface area is 242 Å². The summed E-state index contributed by atoms with van der Waals surface area (Å²) in [4.78, 5) is 35.1. The minimum absolute atomic E-state index is 0.00118. The van der Waals surface area contributed by atoms with Crippen LogP contribution < -0.4 is 9.84 Å². The summed E-state index contributed by atoms with van der Waals surface area (Å²) in [6.07, 6.45) is 11.2. The first-order chi connectivity index (χ1) is 20.3. The van der Waals surface area contributed by atoms with Crippen LogP contribution in [0.3, 0.4) is 0 Å². The van der Waals surface area contributed by atoms with Gasteiger partial charge in [-0.25, -0.2) is 4.58 Å². The fraction of sp³-hybridized carbons (Fsp3) is 0.176. The number of rotatable bonds is 10. The Morgan fingerprint density at radius 1 is 0.857 bits per heavy atom. The van der Waals surface area contributed by atoms with Crippen LogP contribution in [0.1, 0.15) is 36.8 Å². The van der Waals surface area contributed by atoms with Crippen molar-refractivity contribution in [2.45, 2.75) is 25.7 Å². The first-order valence-corrected chi connectivity index (χ1v) is 13.7. The van der Waals surface area contributed by atoms with Crippen LogP contribution >= 0.6 is 0 Å². The largest absolute Gasteiger partial charge is 0.871 e. The lowest BCUT2D eigenvalue weighted by molar-refractivity contribution is -0.527. The molecule has 0 unspecified atom stereocenters. The number of ether oxygens (including phenoxy) is 1. The molecule has 0 saturated heterocycles. The summed E-state index contributed by atoms with van der Waals surface area (Å²) in [6, 6.07) is 17.1. The molecule has 1 heterocycles. The molecule has 3 aliphatic rings. The molecule has 5 rings (SSSR count). The Bertz CT molecular complexity index is 1630. The number of benzene rings is 2. The molecule has 2 aromatic carbocycles. The highest BCUT2D eigenvalue weighted by Crippen LogP contribution is 2.40. The van der Waals surface area contributed by atoms with Crippen LogP contribution in [0.25, 0.3) is 11.3 Å². The van der Waals surface area contributed by atoms with Gasteiger partial charge >= 0.3 is 11.9 Å². The summed E-state index contributed by atoms with van der Waals surface area (Å²) in [5.74, 6) is -1.20. The number of ketones is 1. The topological polar surface area (TPSA) is 127 Å². The number of fused-ring (bicyclic) bond motifs is 1. The van der Waals surface area contributed by atoms with Crippen LogP contribution in [0.15, 0.2) is 114 Å². The van der Waals surface area contributed by atoms with Crippen molar-refractivity contribution in [3.8, 4) is 5.75 Å². The Kier molecular flexibility index (Phi) is 8.43. The van der Waals surface area contributed by atoms with Gasteiger partial charge in [0, 0.05) is 47.3 Å². The molecule has 2 aliphatic carbocycles. The van der Waals surface area contributed by atoms with E-state index in [1.807, 2.05) is 65.2 Å². The average Bonchev–Trinajstić information content (AvgIpc) is 2.99. The van der Waals surface area contributed by atoms with Gasteiger partial charge in [0.2, 0.25) is 0 Å². The SMILES string of the molecule is O=C(O)CCC[N+](CCCC(=O)O)=C1C=CC(=C2C(=O)C(/C=C3\C=C(c4ccccc4)Oc4ccccc43)=C2[O-])C=C1. The maximum Gasteiger partial charge on any atom is 0.303 e. The molecule has 0 atom stereocenters. The minimum Gasteiger partial charge on any atom is -0.871 e. The molecule has 0 amide bonds. The van der Waals surface area contributed by atoms with E-state index in [9.17, 15) is 19.5 Å². The van der Waals surface area contributed by atoms with Crippen molar-refractivity contribution in [3.05, 3.63) is 125 Å². The molecular formula is C34H29NO7. The molecule has 212 valence electrons. The summed E-state index contributed by atoms with van der Waals surface area (Å²) in [5.41, 5.74) is 3.85. The van der Waals surface area contributed by atoms with Crippen LogP contribution in [0.2, 0.25) is 0 Å². The molecule has 0 radical (unpaired) electrons. The smallest absolute Gasteiger partial charge is 0.303 e. The third-order valence-corrected chi connectivity index (χ3v) is 7.16. The molecule has 0 bridgehead atoms. The first-order valence-electron chi connectivity index (χ1n) is 13.7. The van der Waals surface area contributed by atoms with Gasteiger partial charge in [-0.1, -0.05) is 54.3 Å². The fourth-order valence-electron chi connectivity index (χ4n) is 5.04. The van der Waals surface area contributed by atoms with Gasteiger partial charge in [0.25, 0.3) is 0 Å². The van der Waals surface area contributed by atoms with Crippen LogP contribution in [0, 0.1) is 0 Å². The highest BCUT2D eigenvalue weighted by molar-refractivity contribution is 6.23. The van der Waals surface area contributed by atoms with E-state index < -0.39 is 11.9 Å². The summed E-state index contributed by atoms with van der Waals surface area (Å²) in [5, 5.41) is 31.2. The van der Waals surface area contributed by atoms with E-state index in [1.54, 1.807) is 30.4 Å². The molecule has 8 heteroatoms. The molecule has 1 aliphatic heterocycles. The van der Waals surface area contributed by atoms with Crippen molar-refractivity contribution >= 4 is 34.8 Å². The number of nitrogens with zero attached hydrogens (tertiary/aromatic N) is 1. The average molecular weight is 564 g/mol. The van der Waals surface area contributed by atoms with Crippen LogP contribution in [-0.2, 0) is 14.4 Å². The maximum atomic E-state index is 13.2. The number of hydrogen-bond donors (Lipinski definition) is 2. The van der Waals surface area contributed by atoms with Crippen molar-refractivity contribution in [2.75, 3.05) is 13.1 Å². The summed E-state index contributed by atoms with van der Waals surface area (Å²) in [7, 11) is 0. The second-order valence-corrected chi connectivity index (χ2v) is 10.0. The molecular weight excluding hydrogens is 534 g/mol. The Balaban J connectivity index is 1.43. The zero-order valence-corrected chi connectivity index (χ0v) is 22.8. The van der Waals surface area contributed by atoms with E-state index in [0.717, 1.165) is 16.8 Å². The van der Waals surface area contributed by atoms with Gasteiger partial charge in [-0.05, 0) is 41.5 Å². The molecule has 2 aromatic rings. The van der Waals surface area contributed by atoms with Crippen molar-refractivity contribution in [3.63, 3.8) is 0 Å². The number of carboxylic acids is 2. The van der Waals surface area contributed by atoms with Crippen molar-refractivity contribution < 1.29 is 39.0 Å². The van der Waals surface area contributed by atoms with Gasteiger partial charge in [0.05, 0.1) is 12.8 Å². The number of carbonyl (C=O) groups excluding carboxylic acids is 1. The van der Waals surface area contributed by atoms with Crippen molar-refractivity contribution in [2.24, 2.45) is 0 Å². The standard InChI is InChI=1S/C34H29NO7/c36-30(37)12-6-18-35(19-7-13-31(38)39)25-16-14-23(15-17-25)32-33(40)27(34(32)41)20-24-21-29(22-8-2-1-3-9-22)42-28-11-5-4-10-26(24)28/h1-5,8-11,14-17,20-21H,6-7,12-13,18-19H2,(H2-,36,37,38,39,40,41)/b24-20+. The lowest BCUT2D eigenvalue weighted by Gasteiger charge is -2.31. The van der Waals surface area contributed by atoms with Gasteiger partial charge in [0.1, 0.15) is 24.6 Å². The van der Waals surface area contributed by atoms with Gasteiger partial charge in [-0.15, -0.1) is 0 Å². The molecule has 42 heavy (non-hydrogen) atoms. The predicted molar refractivity (Wildman–Crippen MR) is 156 cm³/mol. The number of hydrogen-bond acceptors (Lipinski definition) is 5. The van der Waals surface area contributed by atoms with Crippen LogP contribution in [0.4, 0.5) is 0 Å². The fourth-order valence-corrected chi connectivity index (χ4v) is 5.04. The maximum absolute atomic E-state index is 13.2. The lowest BCUT2D eigenvalue weighted by Crippen LogP contribution is -2.30. The minimum atomic E-state index is -0.896. The lowest BCUT2D eigenvalue weighted by atomic mass is 9.81. The zero-order valence-electron chi connectivity index (χ0n) is 22.8. The van der Waals surface area contributed by atoms with E-state index in [-0.39, 0.29) is 35.5 Å². The highest BCUT2D eigenvalue weighted by Gasteiger charge is 2.29. The summed E-state index contributed by atoms with van der Waals surface area (Å²) < 4.78 is 8.02. The second kappa shape index (κ2) is 12.5. The zero-order chi connectivity index (χ0) is 29.6.